The second-order valence-corrected chi connectivity index (χ2v) is 12.1. The van der Waals surface area contributed by atoms with Crippen molar-refractivity contribution in [2.24, 2.45) is 7.05 Å². The van der Waals surface area contributed by atoms with E-state index in [1.165, 1.54) is 25.7 Å². The van der Waals surface area contributed by atoms with Gasteiger partial charge in [0.05, 0.1) is 30.5 Å². The number of ether oxygens (including phenoxy) is 1. The van der Waals surface area contributed by atoms with Crippen molar-refractivity contribution < 1.29 is 35.9 Å². The Kier molecular flexibility index (Phi) is 9.35. The molecule has 0 saturated carbocycles. The topological polar surface area (TPSA) is 105 Å². The van der Waals surface area contributed by atoms with Gasteiger partial charge in [0, 0.05) is 75.7 Å². The number of aryl methyl sites for hydroxylation is 1. The van der Waals surface area contributed by atoms with Gasteiger partial charge in [-0.15, -0.1) is 0 Å². The van der Waals surface area contributed by atoms with E-state index in [2.05, 4.69) is 20.1 Å². The molecule has 0 N–H and O–H groups in total. The third kappa shape index (κ3) is 7.54. The molecule has 260 valence electrons. The van der Waals surface area contributed by atoms with Gasteiger partial charge in [-0.05, 0) is 49.4 Å². The van der Waals surface area contributed by atoms with Crippen molar-refractivity contribution in [1.29, 1.82) is 0 Å². The fourth-order valence-electron chi connectivity index (χ4n) is 6.15. The van der Waals surface area contributed by atoms with Crippen LogP contribution in [0, 0.1) is 0 Å². The van der Waals surface area contributed by atoms with E-state index in [4.69, 9.17) is 9.72 Å². The predicted molar refractivity (Wildman–Crippen MR) is 167 cm³/mol. The molecule has 0 spiro atoms. The van der Waals surface area contributed by atoms with Gasteiger partial charge in [-0.1, -0.05) is 0 Å². The largest absolute Gasteiger partial charge is 0.465 e. The monoisotopic (exact) mass is 689 g/mol. The molecule has 3 aromatic heterocycles. The number of benzene rings is 1. The fourth-order valence-corrected chi connectivity index (χ4v) is 6.15. The van der Waals surface area contributed by atoms with E-state index in [0.717, 1.165) is 37.9 Å². The summed E-state index contributed by atoms with van der Waals surface area (Å²) in [7, 11) is 2.99. The molecule has 1 unspecified atom stereocenters. The Morgan fingerprint density at radius 1 is 0.878 bits per heavy atom. The summed E-state index contributed by atoms with van der Waals surface area (Å²) >= 11 is 0. The van der Waals surface area contributed by atoms with Crippen molar-refractivity contribution >= 4 is 23.7 Å². The number of esters is 1. The highest BCUT2D eigenvalue weighted by Gasteiger charge is 2.38. The number of alkyl halides is 6. The average Bonchev–Trinajstić information content (AvgIpc) is 3.76. The minimum absolute atomic E-state index is 0.105. The van der Waals surface area contributed by atoms with Crippen molar-refractivity contribution in [3.63, 3.8) is 0 Å². The Balaban J connectivity index is 1.36. The van der Waals surface area contributed by atoms with E-state index in [0.29, 0.717) is 42.4 Å². The summed E-state index contributed by atoms with van der Waals surface area (Å²) in [5.41, 5.74) is -1.55. The van der Waals surface area contributed by atoms with E-state index in [9.17, 15) is 31.1 Å². The summed E-state index contributed by atoms with van der Waals surface area (Å²) in [5, 5.41) is 4.14. The van der Waals surface area contributed by atoms with E-state index < -0.39 is 35.5 Å². The number of halogens is 6. The number of methoxy groups -OCH3 is 1. The van der Waals surface area contributed by atoms with Gasteiger partial charge in [-0.3, -0.25) is 4.68 Å². The third-order valence-corrected chi connectivity index (χ3v) is 8.64. The first-order chi connectivity index (χ1) is 23.3. The molecule has 1 aromatic carbocycles. The van der Waals surface area contributed by atoms with E-state index in [-0.39, 0.29) is 36.2 Å². The second kappa shape index (κ2) is 13.5. The zero-order chi connectivity index (χ0) is 34.9. The quantitative estimate of drug-likeness (QED) is 0.167. The number of carbonyl (C=O) groups excluding carboxylic acids is 1. The summed E-state index contributed by atoms with van der Waals surface area (Å²) in [4.78, 5) is 36.4. The van der Waals surface area contributed by atoms with Gasteiger partial charge in [0.2, 0.25) is 11.9 Å². The normalized spacial score (nSPS) is 17.0. The maximum atomic E-state index is 13.8. The molecule has 6 rings (SSSR count). The van der Waals surface area contributed by atoms with E-state index >= 15 is 0 Å². The predicted octanol–water partition coefficient (Wildman–Crippen LogP) is 5.77. The van der Waals surface area contributed by atoms with Crippen molar-refractivity contribution in [3.8, 4) is 11.1 Å². The van der Waals surface area contributed by atoms with Gasteiger partial charge in [-0.2, -0.15) is 36.4 Å². The zero-order valence-electron chi connectivity index (χ0n) is 26.7. The average molecular weight is 690 g/mol. The molecule has 4 aromatic rings. The van der Waals surface area contributed by atoms with Crippen molar-refractivity contribution in [2.75, 3.05) is 48.0 Å². The minimum atomic E-state index is -5.00. The standard InChI is InChI=1S/C32H33F6N9O2/c1-44-18-22(15-42-44)21-13-39-29(40-14-21)47(17-20-10-23(31(33,34)35)12-24(11-20)32(36,37)38)25-6-9-46(19-25)27-26(28(48)49-2)16-41-30(43-27)45-7-4-3-5-8-45/h10-16,18,25H,3-9,17,19H2,1-2H3. The molecule has 11 nitrogen and oxygen atoms in total. The molecule has 5 heterocycles. The van der Waals surface area contributed by atoms with Crippen molar-refractivity contribution in [1.82, 2.24) is 29.7 Å². The molecular weight excluding hydrogens is 656 g/mol. The highest BCUT2D eigenvalue weighted by Crippen LogP contribution is 2.37. The van der Waals surface area contributed by atoms with Crippen molar-refractivity contribution in [2.45, 2.75) is 50.6 Å². The van der Waals surface area contributed by atoms with Crippen LogP contribution >= 0.6 is 0 Å². The number of hydrogen-bond acceptors (Lipinski definition) is 10. The summed E-state index contributed by atoms with van der Waals surface area (Å²) in [6.07, 6.45) is 1.28. The Labute approximate surface area is 277 Å². The van der Waals surface area contributed by atoms with Gasteiger partial charge in [0.1, 0.15) is 11.4 Å². The van der Waals surface area contributed by atoms with Crippen LogP contribution in [0.4, 0.5) is 44.1 Å². The van der Waals surface area contributed by atoms with Crippen LogP contribution in [-0.4, -0.2) is 75.0 Å². The van der Waals surface area contributed by atoms with Crippen LogP contribution in [0.2, 0.25) is 0 Å². The van der Waals surface area contributed by atoms with Crippen LogP contribution in [-0.2, 0) is 30.7 Å². The first-order valence-corrected chi connectivity index (χ1v) is 15.6. The lowest BCUT2D eigenvalue weighted by molar-refractivity contribution is -0.143. The SMILES string of the molecule is COC(=O)c1cnc(N2CCCCC2)nc1N1CCC(N(Cc2cc(C(F)(F)F)cc(C(F)(F)F)c2)c2ncc(-c3cnn(C)c3)cn2)C1. The maximum absolute atomic E-state index is 13.8. The summed E-state index contributed by atoms with van der Waals surface area (Å²) in [6, 6.07) is 1.04. The first kappa shape index (κ1) is 33.9. The lowest BCUT2D eigenvalue weighted by Crippen LogP contribution is -2.39. The number of carbonyl (C=O) groups is 1. The van der Waals surface area contributed by atoms with Crippen LogP contribution in [0.5, 0.6) is 0 Å². The number of hydrogen-bond donors (Lipinski definition) is 0. The van der Waals surface area contributed by atoms with Crippen LogP contribution in [0.25, 0.3) is 11.1 Å². The molecule has 0 amide bonds. The molecule has 0 radical (unpaired) electrons. The molecule has 0 bridgehead atoms. The van der Waals surface area contributed by atoms with Gasteiger partial charge < -0.3 is 19.4 Å². The van der Waals surface area contributed by atoms with Gasteiger partial charge in [0.15, 0.2) is 0 Å². The molecule has 17 heteroatoms. The van der Waals surface area contributed by atoms with Gasteiger partial charge >= 0.3 is 18.3 Å². The van der Waals surface area contributed by atoms with E-state index in [1.807, 2.05) is 9.80 Å². The van der Waals surface area contributed by atoms with Crippen LogP contribution in [0.15, 0.2) is 49.2 Å². The summed E-state index contributed by atoms with van der Waals surface area (Å²) in [6.45, 7) is 1.74. The van der Waals surface area contributed by atoms with Crippen LogP contribution in [0.3, 0.4) is 0 Å². The summed E-state index contributed by atoms with van der Waals surface area (Å²) < 4.78 is 89.2. The molecule has 1 atom stereocenters. The summed E-state index contributed by atoms with van der Waals surface area (Å²) in [5.74, 6) is 0.255. The number of piperidine rings is 1. The number of nitrogens with zero attached hydrogens (tertiary/aromatic N) is 9. The highest BCUT2D eigenvalue weighted by atomic mass is 19.4. The number of aromatic nitrogens is 6. The lowest BCUT2D eigenvalue weighted by atomic mass is 10.0. The third-order valence-electron chi connectivity index (χ3n) is 8.64. The Hall–Kier alpha value is -4.96. The maximum Gasteiger partial charge on any atom is 0.416 e. The number of anilines is 3. The van der Waals surface area contributed by atoms with Crippen LogP contribution in [0.1, 0.15) is 52.7 Å². The van der Waals surface area contributed by atoms with Gasteiger partial charge in [0.25, 0.3) is 0 Å². The van der Waals surface area contributed by atoms with E-state index in [1.54, 1.807) is 29.0 Å². The van der Waals surface area contributed by atoms with Gasteiger partial charge in [-0.25, -0.2) is 19.7 Å². The molecule has 2 fully saturated rings. The Morgan fingerprint density at radius 3 is 2.14 bits per heavy atom. The molecule has 2 saturated heterocycles. The number of rotatable bonds is 8. The molecule has 2 aliphatic heterocycles. The van der Waals surface area contributed by atoms with Crippen molar-refractivity contribution in [3.05, 3.63) is 71.4 Å². The zero-order valence-corrected chi connectivity index (χ0v) is 26.7. The Bertz CT molecular complexity index is 1760. The molecule has 49 heavy (non-hydrogen) atoms. The second-order valence-electron chi connectivity index (χ2n) is 12.1. The molecular formula is C32H33F6N9O2. The van der Waals surface area contributed by atoms with Crippen LogP contribution < -0.4 is 14.7 Å². The minimum Gasteiger partial charge on any atom is -0.465 e. The molecule has 2 aliphatic rings. The smallest absolute Gasteiger partial charge is 0.416 e. The molecule has 0 aliphatic carbocycles. The Morgan fingerprint density at radius 2 is 1.55 bits per heavy atom. The lowest BCUT2D eigenvalue weighted by Gasteiger charge is -2.31. The fraction of sp³-hybridized carbons (Fsp3) is 0.438. The first-order valence-electron chi connectivity index (χ1n) is 15.6. The highest BCUT2D eigenvalue weighted by molar-refractivity contribution is 5.94.